The quantitative estimate of drug-likeness (QED) is 0.653. The number of aliphatic hydroxyl groups is 1. The van der Waals surface area contributed by atoms with Crippen LogP contribution in [0.2, 0.25) is 0 Å². The Kier molecular flexibility index (Phi) is 9.66. The standard InChI is InChI=1S/C15H31NO3/c1-5-6-7-8-9-11-16(12-10-13-17)14(18)19-15(2,3)4/h17H,5-13H2,1-4H3. The normalized spacial score (nSPS) is 11.4. The predicted molar refractivity (Wildman–Crippen MR) is 78.3 cm³/mol. The molecule has 0 unspecified atom stereocenters. The van der Waals surface area contributed by atoms with Gasteiger partial charge >= 0.3 is 6.09 Å². The molecule has 0 aromatic rings. The number of hydrogen-bond acceptors (Lipinski definition) is 3. The second kappa shape index (κ2) is 10.1. The van der Waals surface area contributed by atoms with E-state index in [0.29, 0.717) is 13.0 Å². The van der Waals surface area contributed by atoms with E-state index in [0.717, 1.165) is 19.4 Å². The van der Waals surface area contributed by atoms with Gasteiger partial charge in [-0.05, 0) is 33.6 Å². The van der Waals surface area contributed by atoms with Gasteiger partial charge in [-0.3, -0.25) is 0 Å². The third kappa shape index (κ3) is 10.8. The topological polar surface area (TPSA) is 49.8 Å². The molecule has 114 valence electrons. The van der Waals surface area contributed by atoms with Crippen LogP contribution < -0.4 is 0 Å². The molecule has 0 aliphatic rings. The second-order valence-electron chi connectivity index (χ2n) is 5.96. The van der Waals surface area contributed by atoms with Gasteiger partial charge in [0, 0.05) is 19.7 Å². The van der Waals surface area contributed by atoms with Gasteiger partial charge < -0.3 is 14.7 Å². The number of carbonyl (C=O) groups is 1. The van der Waals surface area contributed by atoms with Crippen molar-refractivity contribution in [1.29, 1.82) is 0 Å². The fraction of sp³-hybridized carbons (Fsp3) is 0.933. The van der Waals surface area contributed by atoms with Crippen molar-refractivity contribution in [1.82, 2.24) is 4.90 Å². The molecule has 1 N–H and O–H groups in total. The van der Waals surface area contributed by atoms with Crippen LogP contribution in [0.3, 0.4) is 0 Å². The van der Waals surface area contributed by atoms with Crippen molar-refractivity contribution in [3.05, 3.63) is 0 Å². The predicted octanol–water partition coefficient (Wildman–Crippen LogP) is 3.58. The number of unbranched alkanes of at least 4 members (excludes halogenated alkanes) is 4. The highest BCUT2D eigenvalue weighted by atomic mass is 16.6. The van der Waals surface area contributed by atoms with Crippen LogP contribution in [0.15, 0.2) is 0 Å². The number of hydrogen-bond donors (Lipinski definition) is 1. The Morgan fingerprint density at radius 3 is 2.16 bits per heavy atom. The summed E-state index contributed by atoms with van der Waals surface area (Å²) in [5, 5.41) is 8.89. The molecule has 0 aliphatic carbocycles. The summed E-state index contributed by atoms with van der Waals surface area (Å²) < 4.78 is 5.38. The van der Waals surface area contributed by atoms with Crippen molar-refractivity contribution >= 4 is 6.09 Å². The minimum Gasteiger partial charge on any atom is -0.444 e. The Bertz CT molecular complexity index is 236. The van der Waals surface area contributed by atoms with Crippen LogP contribution >= 0.6 is 0 Å². The van der Waals surface area contributed by atoms with Gasteiger partial charge in [-0.2, -0.15) is 0 Å². The number of aliphatic hydroxyl groups excluding tert-OH is 1. The van der Waals surface area contributed by atoms with E-state index in [1.54, 1.807) is 4.90 Å². The fourth-order valence-electron chi connectivity index (χ4n) is 1.79. The molecule has 0 saturated carbocycles. The molecule has 0 fully saturated rings. The average Bonchev–Trinajstić information content (AvgIpc) is 2.30. The SMILES string of the molecule is CCCCCCCN(CCCO)C(=O)OC(C)(C)C. The van der Waals surface area contributed by atoms with Crippen LogP contribution in [-0.2, 0) is 4.74 Å². The molecule has 0 heterocycles. The summed E-state index contributed by atoms with van der Waals surface area (Å²) in [4.78, 5) is 13.7. The molecule has 0 saturated heterocycles. The molecule has 0 bridgehead atoms. The van der Waals surface area contributed by atoms with Crippen LogP contribution in [0, 0.1) is 0 Å². The molecule has 0 radical (unpaired) electrons. The lowest BCUT2D eigenvalue weighted by Crippen LogP contribution is -2.38. The average molecular weight is 273 g/mol. The maximum atomic E-state index is 12.0. The van der Waals surface area contributed by atoms with Crippen molar-refractivity contribution in [2.75, 3.05) is 19.7 Å². The van der Waals surface area contributed by atoms with Gasteiger partial charge in [0.15, 0.2) is 0 Å². The minimum atomic E-state index is -0.462. The van der Waals surface area contributed by atoms with Crippen LogP contribution in [0.1, 0.15) is 66.2 Å². The summed E-state index contributed by atoms with van der Waals surface area (Å²) in [6, 6.07) is 0. The number of nitrogens with zero attached hydrogens (tertiary/aromatic N) is 1. The number of carbonyl (C=O) groups excluding carboxylic acids is 1. The van der Waals surface area contributed by atoms with Crippen LogP contribution in [0.5, 0.6) is 0 Å². The van der Waals surface area contributed by atoms with Gasteiger partial charge in [-0.1, -0.05) is 32.6 Å². The molecular weight excluding hydrogens is 242 g/mol. The van der Waals surface area contributed by atoms with E-state index >= 15 is 0 Å². The third-order valence-electron chi connectivity index (χ3n) is 2.77. The molecule has 1 amide bonds. The number of rotatable bonds is 9. The molecule has 4 nitrogen and oxygen atoms in total. The molecule has 0 atom stereocenters. The van der Waals surface area contributed by atoms with Gasteiger partial charge in [0.1, 0.15) is 5.60 Å². The maximum absolute atomic E-state index is 12.0. The van der Waals surface area contributed by atoms with Crippen molar-refractivity contribution in [3.8, 4) is 0 Å². The zero-order chi connectivity index (χ0) is 14.7. The highest BCUT2D eigenvalue weighted by Gasteiger charge is 2.21. The van der Waals surface area contributed by atoms with E-state index in [1.807, 2.05) is 20.8 Å². The van der Waals surface area contributed by atoms with E-state index in [-0.39, 0.29) is 12.7 Å². The summed E-state index contributed by atoms with van der Waals surface area (Å²) in [5.74, 6) is 0. The molecule has 0 aromatic carbocycles. The molecule has 4 heteroatoms. The van der Waals surface area contributed by atoms with E-state index in [9.17, 15) is 4.79 Å². The number of amides is 1. The summed E-state index contributed by atoms with van der Waals surface area (Å²) in [7, 11) is 0. The molecule has 0 aliphatic heterocycles. The van der Waals surface area contributed by atoms with Crippen LogP contribution in [0.25, 0.3) is 0 Å². The smallest absolute Gasteiger partial charge is 0.410 e. The second-order valence-corrected chi connectivity index (χ2v) is 5.96. The molecule has 0 aromatic heterocycles. The maximum Gasteiger partial charge on any atom is 0.410 e. The summed E-state index contributed by atoms with van der Waals surface area (Å²) in [6.45, 7) is 9.20. The molecular formula is C15H31NO3. The summed E-state index contributed by atoms with van der Waals surface area (Å²) in [6.07, 6.45) is 6.18. The van der Waals surface area contributed by atoms with Crippen molar-refractivity contribution in [2.24, 2.45) is 0 Å². The van der Waals surface area contributed by atoms with E-state index in [2.05, 4.69) is 6.92 Å². The zero-order valence-corrected chi connectivity index (χ0v) is 13.1. The Morgan fingerprint density at radius 1 is 1.05 bits per heavy atom. The third-order valence-corrected chi connectivity index (χ3v) is 2.77. The largest absolute Gasteiger partial charge is 0.444 e. The van der Waals surface area contributed by atoms with Crippen molar-refractivity contribution < 1.29 is 14.6 Å². The van der Waals surface area contributed by atoms with Crippen LogP contribution in [0.4, 0.5) is 4.79 Å². The van der Waals surface area contributed by atoms with Gasteiger partial charge in [0.2, 0.25) is 0 Å². The summed E-state index contributed by atoms with van der Waals surface area (Å²) >= 11 is 0. The first-order valence-electron chi connectivity index (χ1n) is 7.49. The van der Waals surface area contributed by atoms with Gasteiger partial charge in [0.05, 0.1) is 0 Å². The Labute approximate surface area is 118 Å². The lowest BCUT2D eigenvalue weighted by atomic mass is 10.1. The lowest BCUT2D eigenvalue weighted by molar-refractivity contribution is 0.0237. The first-order chi connectivity index (χ1) is 8.90. The van der Waals surface area contributed by atoms with Crippen molar-refractivity contribution in [3.63, 3.8) is 0 Å². The van der Waals surface area contributed by atoms with Gasteiger partial charge in [-0.25, -0.2) is 4.79 Å². The fourth-order valence-corrected chi connectivity index (χ4v) is 1.79. The molecule has 0 rings (SSSR count). The van der Waals surface area contributed by atoms with Crippen molar-refractivity contribution in [2.45, 2.75) is 71.8 Å². The monoisotopic (exact) mass is 273 g/mol. The Balaban J connectivity index is 4.10. The van der Waals surface area contributed by atoms with E-state index in [1.165, 1.54) is 19.3 Å². The summed E-state index contributed by atoms with van der Waals surface area (Å²) in [5.41, 5.74) is -0.462. The number of ether oxygens (including phenoxy) is 1. The Hall–Kier alpha value is -0.770. The highest BCUT2D eigenvalue weighted by Crippen LogP contribution is 2.11. The van der Waals surface area contributed by atoms with Crippen LogP contribution in [-0.4, -0.2) is 41.4 Å². The Morgan fingerprint density at radius 2 is 1.63 bits per heavy atom. The first kappa shape index (κ1) is 18.2. The molecule has 19 heavy (non-hydrogen) atoms. The molecule has 0 spiro atoms. The van der Waals surface area contributed by atoms with Gasteiger partial charge in [0.25, 0.3) is 0 Å². The van der Waals surface area contributed by atoms with E-state index in [4.69, 9.17) is 9.84 Å². The zero-order valence-electron chi connectivity index (χ0n) is 13.1. The van der Waals surface area contributed by atoms with E-state index < -0.39 is 5.60 Å². The minimum absolute atomic E-state index is 0.106. The lowest BCUT2D eigenvalue weighted by Gasteiger charge is -2.27. The highest BCUT2D eigenvalue weighted by molar-refractivity contribution is 5.68. The first-order valence-corrected chi connectivity index (χ1v) is 7.49. The van der Waals surface area contributed by atoms with Gasteiger partial charge in [-0.15, -0.1) is 0 Å².